The fourth-order valence-corrected chi connectivity index (χ4v) is 4.69. The van der Waals surface area contributed by atoms with E-state index in [0.29, 0.717) is 23.6 Å². The first-order valence-corrected chi connectivity index (χ1v) is 11.6. The highest BCUT2D eigenvalue weighted by Crippen LogP contribution is 2.35. The van der Waals surface area contributed by atoms with Gasteiger partial charge in [-0.1, -0.05) is 0 Å². The molecule has 0 aliphatic carbocycles. The Hall–Kier alpha value is -3.82. The maximum Gasteiger partial charge on any atom is 0.404 e. The van der Waals surface area contributed by atoms with E-state index in [0.717, 1.165) is 17.8 Å². The molecule has 0 fully saturated rings. The molecule has 1 aromatic carbocycles. The van der Waals surface area contributed by atoms with Gasteiger partial charge in [0, 0.05) is 23.5 Å². The SMILES string of the molecule is Cc1cnc2c(c1)c(C#N)c(-c1ccc(S(=O)(=O)NC(C)C(F)(F)F)cn1)n2-c1ccc(F)cc1. The largest absolute Gasteiger partial charge is 0.404 e. The summed E-state index contributed by atoms with van der Waals surface area (Å²) in [5, 5.41) is 10.4. The molecule has 3 heterocycles. The number of hydrogen-bond donors (Lipinski definition) is 1. The highest BCUT2D eigenvalue weighted by atomic mass is 32.2. The first-order valence-electron chi connectivity index (χ1n) is 10.1. The Kier molecular flexibility index (Phi) is 6.08. The Balaban J connectivity index is 1.88. The molecule has 3 aromatic heterocycles. The number of hydrogen-bond acceptors (Lipinski definition) is 5. The lowest BCUT2D eigenvalue weighted by molar-refractivity contribution is -0.147. The van der Waals surface area contributed by atoms with Gasteiger partial charge in [0.25, 0.3) is 0 Å². The zero-order chi connectivity index (χ0) is 25.5. The van der Waals surface area contributed by atoms with E-state index in [-0.39, 0.29) is 17.0 Å². The van der Waals surface area contributed by atoms with Gasteiger partial charge in [0.15, 0.2) is 0 Å². The number of nitrogens with one attached hydrogen (secondary N) is 1. The van der Waals surface area contributed by atoms with Crippen LogP contribution in [0.25, 0.3) is 28.1 Å². The van der Waals surface area contributed by atoms with Crippen molar-refractivity contribution < 1.29 is 26.0 Å². The summed E-state index contributed by atoms with van der Waals surface area (Å²) >= 11 is 0. The van der Waals surface area contributed by atoms with Gasteiger partial charge in [-0.3, -0.25) is 9.55 Å². The molecule has 1 atom stereocenters. The van der Waals surface area contributed by atoms with Gasteiger partial charge >= 0.3 is 6.18 Å². The van der Waals surface area contributed by atoms with Crippen LogP contribution < -0.4 is 4.72 Å². The Morgan fingerprint density at radius 2 is 1.77 bits per heavy atom. The summed E-state index contributed by atoms with van der Waals surface area (Å²) in [5.41, 5.74) is 2.30. The number of halogens is 4. The first-order chi connectivity index (χ1) is 16.4. The molecule has 0 aliphatic rings. The second-order valence-electron chi connectivity index (χ2n) is 7.79. The van der Waals surface area contributed by atoms with Crippen molar-refractivity contribution in [3.05, 3.63) is 71.8 Å². The van der Waals surface area contributed by atoms with Crippen LogP contribution in [0.3, 0.4) is 0 Å². The maximum atomic E-state index is 13.6. The lowest BCUT2D eigenvalue weighted by Crippen LogP contribution is -2.42. The molecule has 4 aromatic rings. The topological polar surface area (TPSA) is 101 Å². The molecule has 0 bridgehead atoms. The van der Waals surface area contributed by atoms with E-state index in [1.807, 2.05) is 0 Å². The van der Waals surface area contributed by atoms with Crippen molar-refractivity contribution in [1.29, 1.82) is 5.26 Å². The number of aryl methyl sites for hydroxylation is 1. The molecule has 0 saturated heterocycles. The quantitative estimate of drug-likeness (QED) is 0.400. The molecular formula is C23H17F4N5O2S. The van der Waals surface area contributed by atoms with Gasteiger partial charge in [0.05, 0.1) is 17.0 Å². The molecular weight excluding hydrogens is 486 g/mol. The Bertz CT molecular complexity index is 1560. The van der Waals surface area contributed by atoms with Gasteiger partial charge in [-0.25, -0.2) is 17.8 Å². The summed E-state index contributed by atoms with van der Waals surface area (Å²) in [7, 11) is -4.51. The lowest BCUT2D eigenvalue weighted by Gasteiger charge is -2.17. The van der Waals surface area contributed by atoms with Crippen LogP contribution in [0.15, 0.2) is 59.8 Å². The summed E-state index contributed by atoms with van der Waals surface area (Å²) in [4.78, 5) is 8.09. The minimum absolute atomic E-state index is 0.171. The second-order valence-corrected chi connectivity index (χ2v) is 9.51. The Labute approximate surface area is 197 Å². The molecule has 7 nitrogen and oxygen atoms in total. The van der Waals surface area contributed by atoms with Crippen LogP contribution in [-0.2, 0) is 10.0 Å². The molecule has 1 N–H and O–H groups in total. The highest BCUT2D eigenvalue weighted by Gasteiger charge is 2.39. The van der Waals surface area contributed by atoms with Crippen LogP contribution in [0, 0.1) is 24.1 Å². The van der Waals surface area contributed by atoms with Crippen LogP contribution in [-0.4, -0.2) is 35.2 Å². The number of rotatable bonds is 5. The number of alkyl halides is 3. The van der Waals surface area contributed by atoms with E-state index in [1.165, 1.54) is 30.3 Å². The number of fused-ring (bicyclic) bond motifs is 1. The van der Waals surface area contributed by atoms with Gasteiger partial charge < -0.3 is 0 Å². The number of sulfonamides is 1. The zero-order valence-corrected chi connectivity index (χ0v) is 19.1. The van der Waals surface area contributed by atoms with Crippen molar-refractivity contribution in [3.63, 3.8) is 0 Å². The normalized spacial score (nSPS) is 13.1. The van der Waals surface area contributed by atoms with Gasteiger partial charge in [0.1, 0.15) is 28.5 Å². The van der Waals surface area contributed by atoms with Gasteiger partial charge in [-0.05, 0) is 61.9 Å². The van der Waals surface area contributed by atoms with E-state index in [4.69, 9.17) is 0 Å². The number of aromatic nitrogens is 3. The van der Waals surface area contributed by atoms with Crippen LogP contribution in [0.2, 0.25) is 0 Å². The number of nitrogens with zero attached hydrogens (tertiary/aromatic N) is 4. The van der Waals surface area contributed by atoms with Crippen molar-refractivity contribution in [2.45, 2.75) is 31.0 Å². The summed E-state index contributed by atoms with van der Waals surface area (Å²) < 4.78 is 80.0. The highest BCUT2D eigenvalue weighted by molar-refractivity contribution is 7.89. The van der Waals surface area contributed by atoms with Crippen LogP contribution in [0.5, 0.6) is 0 Å². The standard InChI is InChI=1S/C23H17F4N5O2S/c1-13-9-18-19(10-28)21(32(22(18)30-11-13)16-5-3-15(24)4-6-16)20-8-7-17(12-29-20)35(33,34)31-14(2)23(25,26)27/h3-9,11-12,14,31H,1-2H3. The van der Waals surface area contributed by atoms with E-state index in [9.17, 15) is 31.2 Å². The van der Waals surface area contributed by atoms with Gasteiger partial charge in [-0.15, -0.1) is 0 Å². The van der Waals surface area contributed by atoms with E-state index in [1.54, 1.807) is 28.5 Å². The van der Waals surface area contributed by atoms with E-state index >= 15 is 0 Å². The van der Waals surface area contributed by atoms with Crippen LogP contribution in [0.1, 0.15) is 18.1 Å². The number of benzene rings is 1. The van der Waals surface area contributed by atoms with Crippen molar-refractivity contribution >= 4 is 21.1 Å². The molecule has 0 amide bonds. The third-order valence-corrected chi connectivity index (χ3v) is 6.78. The summed E-state index contributed by atoms with van der Waals surface area (Å²) in [6, 6.07) is 9.42. The first kappa shape index (κ1) is 24.3. The third-order valence-electron chi connectivity index (χ3n) is 5.25. The van der Waals surface area contributed by atoms with E-state index in [2.05, 4.69) is 16.0 Å². The number of nitriles is 1. The lowest BCUT2D eigenvalue weighted by atomic mass is 10.1. The number of pyridine rings is 2. The minimum atomic E-state index is -4.76. The Morgan fingerprint density at radius 1 is 1.09 bits per heavy atom. The molecule has 35 heavy (non-hydrogen) atoms. The molecule has 12 heteroatoms. The van der Waals surface area contributed by atoms with Crippen LogP contribution >= 0.6 is 0 Å². The smallest absolute Gasteiger partial charge is 0.291 e. The fraction of sp³-hybridized carbons (Fsp3) is 0.174. The average Bonchev–Trinajstić information content (AvgIpc) is 3.12. The summed E-state index contributed by atoms with van der Waals surface area (Å²) in [6.45, 7) is 2.49. The molecule has 1 unspecified atom stereocenters. The average molecular weight is 503 g/mol. The zero-order valence-electron chi connectivity index (χ0n) is 18.3. The second kappa shape index (κ2) is 8.75. The van der Waals surface area contributed by atoms with Crippen molar-refractivity contribution in [2.24, 2.45) is 0 Å². The molecule has 180 valence electrons. The summed E-state index contributed by atoms with van der Waals surface area (Å²) in [6.07, 6.45) is -2.25. The third kappa shape index (κ3) is 4.60. The molecule has 0 saturated carbocycles. The Morgan fingerprint density at radius 3 is 2.34 bits per heavy atom. The monoisotopic (exact) mass is 503 g/mol. The maximum absolute atomic E-state index is 13.6. The molecule has 4 rings (SSSR count). The molecule has 0 aliphatic heterocycles. The minimum Gasteiger partial charge on any atom is -0.291 e. The predicted octanol–water partition coefficient (Wildman–Crippen LogP) is 4.64. The van der Waals surface area contributed by atoms with Crippen molar-refractivity contribution in [2.75, 3.05) is 0 Å². The van der Waals surface area contributed by atoms with Crippen molar-refractivity contribution in [1.82, 2.24) is 19.3 Å². The van der Waals surface area contributed by atoms with Gasteiger partial charge in [0.2, 0.25) is 10.0 Å². The van der Waals surface area contributed by atoms with Crippen molar-refractivity contribution in [3.8, 4) is 23.1 Å². The molecule has 0 spiro atoms. The predicted molar refractivity (Wildman–Crippen MR) is 120 cm³/mol. The summed E-state index contributed by atoms with van der Waals surface area (Å²) in [5.74, 6) is -0.468. The molecule has 0 radical (unpaired) electrons. The van der Waals surface area contributed by atoms with Gasteiger partial charge in [-0.2, -0.15) is 23.2 Å². The van der Waals surface area contributed by atoms with Crippen LogP contribution in [0.4, 0.5) is 17.6 Å². The fourth-order valence-electron chi connectivity index (χ4n) is 3.51. The van der Waals surface area contributed by atoms with E-state index < -0.39 is 33.0 Å².